The molecule has 0 unspecified atom stereocenters. The average molecular weight is 273 g/mol. The van der Waals surface area contributed by atoms with Crippen LogP contribution in [0, 0.1) is 5.82 Å². The van der Waals surface area contributed by atoms with Gasteiger partial charge < -0.3 is 9.67 Å². The summed E-state index contributed by atoms with van der Waals surface area (Å²) in [7, 11) is 3.43. The van der Waals surface area contributed by atoms with Crippen LogP contribution in [0.5, 0.6) is 0 Å². The van der Waals surface area contributed by atoms with Crippen LogP contribution in [0.15, 0.2) is 30.5 Å². The van der Waals surface area contributed by atoms with E-state index in [9.17, 15) is 9.18 Å². The molecule has 0 aliphatic carbocycles. The third kappa shape index (κ3) is 1.69. The standard InChI is InChI=1S/C14H12FN3O2/c1-17-6-5-9-11(17)4-3-8(13(9)15)12-7-10(14(19)20)16-18(12)2/h3-7H,1-2H3,(H,19,20). The average Bonchev–Trinajstić information content (AvgIpc) is 2.95. The summed E-state index contributed by atoms with van der Waals surface area (Å²) in [6, 6.07) is 6.51. The second-order valence-corrected chi connectivity index (χ2v) is 4.63. The number of rotatable bonds is 2. The van der Waals surface area contributed by atoms with Crippen molar-refractivity contribution in [2.45, 2.75) is 0 Å². The van der Waals surface area contributed by atoms with E-state index in [1.54, 1.807) is 31.4 Å². The van der Waals surface area contributed by atoms with Crippen LogP contribution in [0.3, 0.4) is 0 Å². The molecule has 0 spiro atoms. The van der Waals surface area contributed by atoms with Crippen molar-refractivity contribution in [1.82, 2.24) is 14.3 Å². The van der Waals surface area contributed by atoms with Crippen molar-refractivity contribution in [2.24, 2.45) is 14.1 Å². The highest BCUT2D eigenvalue weighted by Crippen LogP contribution is 2.29. The molecule has 0 fully saturated rings. The maximum Gasteiger partial charge on any atom is 0.356 e. The maximum absolute atomic E-state index is 14.6. The van der Waals surface area contributed by atoms with Gasteiger partial charge in [-0.05, 0) is 24.3 Å². The molecule has 0 aliphatic heterocycles. The smallest absolute Gasteiger partial charge is 0.356 e. The molecule has 2 heterocycles. The molecule has 0 bridgehead atoms. The van der Waals surface area contributed by atoms with Crippen molar-refractivity contribution < 1.29 is 14.3 Å². The molecule has 3 rings (SSSR count). The number of carboxylic acid groups (broad SMARTS) is 1. The molecule has 3 aromatic rings. The van der Waals surface area contributed by atoms with Crippen molar-refractivity contribution in [2.75, 3.05) is 0 Å². The van der Waals surface area contributed by atoms with Gasteiger partial charge in [0.1, 0.15) is 5.82 Å². The van der Waals surface area contributed by atoms with E-state index in [1.807, 2.05) is 11.6 Å². The predicted octanol–water partition coefficient (Wildman–Crippen LogP) is 2.42. The van der Waals surface area contributed by atoms with Crippen LogP contribution in [0.2, 0.25) is 0 Å². The van der Waals surface area contributed by atoms with Crippen LogP contribution in [-0.2, 0) is 14.1 Å². The van der Waals surface area contributed by atoms with E-state index in [4.69, 9.17) is 5.11 Å². The zero-order valence-corrected chi connectivity index (χ0v) is 11.0. The second kappa shape index (κ2) is 4.19. The lowest BCUT2D eigenvalue weighted by Gasteiger charge is -2.05. The number of nitrogens with zero attached hydrogens (tertiary/aromatic N) is 3. The van der Waals surface area contributed by atoms with Crippen LogP contribution < -0.4 is 0 Å². The number of aromatic carboxylic acids is 1. The Morgan fingerprint density at radius 3 is 2.70 bits per heavy atom. The first-order valence-electron chi connectivity index (χ1n) is 6.00. The summed E-state index contributed by atoms with van der Waals surface area (Å²) < 4.78 is 17.8. The quantitative estimate of drug-likeness (QED) is 0.780. The van der Waals surface area contributed by atoms with Gasteiger partial charge in [0.15, 0.2) is 5.69 Å². The Bertz CT molecular complexity index is 832. The molecule has 102 valence electrons. The number of aromatic nitrogens is 3. The van der Waals surface area contributed by atoms with Crippen LogP contribution in [0.25, 0.3) is 22.2 Å². The fourth-order valence-corrected chi connectivity index (χ4v) is 2.34. The Labute approximate surface area is 113 Å². The topological polar surface area (TPSA) is 60.1 Å². The molecular formula is C14H12FN3O2. The monoisotopic (exact) mass is 273 g/mol. The first-order chi connectivity index (χ1) is 9.49. The minimum absolute atomic E-state index is 0.102. The third-order valence-corrected chi connectivity index (χ3v) is 3.38. The van der Waals surface area contributed by atoms with Gasteiger partial charge in [-0.25, -0.2) is 9.18 Å². The van der Waals surface area contributed by atoms with Crippen LogP contribution in [0.4, 0.5) is 4.39 Å². The number of hydrogen-bond acceptors (Lipinski definition) is 2. The van der Waals surface area contributed by atoms with Gasteiger partial charge >= 0.3 is 5.97 Å². The molecule has 0 radical (unpaired) electrons. The molecular weight excluding hydrogens is 261 g/mol. The Morgan fingerprint density at radius 2 is 2.05 bits per heavy atom. The summed E-state index contributed by atoms with van der Waals surface area (Å²) >= 11 is 0. The molecule has 5 nitrogen and oxygen atoms in total. The summed E-state index contributed by atoms with van der Waals surface area (Å²) in [6.07, 6.45) is 1.78. The van der Waals surface area contributed by atoms with Gasteiger partial charge in [-0.15, -0.1) is 0 Å². The molecule has 0 aliphatic rings. The molecule has 0 saturated carbocycles. The van der Waals surface area contributed by atoms with E-state index in [2.05, 4.69) is 5.10 Å². The molecule has 0 saturated heterocycles. The van der Waals surface area contributed by atoms with Gasteiger partial charge in [-0.2, -0.15) is 5.10 Å². The van der Waals surface area contributed by atoms with E-state index >= 15 is 0 Å². The molecule has 1 N–H and O–H groups in total. The normalized spacial score (nSPS) is 11.2. The molecule has 1 aromatic carbocycles. The first kappa shape index (κ1) is 12.4. The fraction of sp³-hybridized carbons (Fsp3) is 0.143. The number of carboxylic acids is 1. The maximum atomic E-state index is 14.6. The summed E-state index contributed by atoms with van der Waals surface area (Å²) in [5.41, 5.74) is 1.46. The first-order valence-corrected chi connectivity index (χ1v) is 6.00. The van der Waals surface area contributed by atoms with Crippen molar-refractivity contribution in [1.29, 1.82) is 0 Å². The summed E-state index contributed by atoms with van der Waals surface area (Å²) in [6.45, 7) is 0. The number of hydrogen-bond donors (Lipinski definition) is 1. The Balaban J connectivity index is 2.24. The molecule has 0 atom stereocenters. The molecule has 0 amide bonds. The number of fused-ring (bicyclic) bond motifs is 1. The van der Waals surface area contributed by atoms with Crippen molar-refractivity contribution in [3.63, 3.8) is 0 Å². The van der Waals surface area contributed by atoms with E-state index in [-0.39, 0.29) is 11.5 Å². The van der Waals surface area contributed by atoms with E-state index < -0.39 is 5.97 Å². The number of benzene rings is 1. The minimum atomic E-state index is -1.13. The molecule has 20 heavy (non-hydrogen) atoms. The molecule has 6 heteroatoms. The highest BCUT2D eigenvalue weighted by molar-refractivity contribution is 5.89. The zero-order chi connectivity index (χ0) is 14.4. The van der Waals surface area contributed by atoms with Crippen molar-refractivity contribution in [3.8, 4) is 11.3 Å². The van der Waals surface area contributed by atoms with Gasteiger partial charge in [0, 0.05) is 31.2 Å². The largest absolute Gasteiger partial charge is 0.476 e. The number of halogens is 1. The van der Waals surface area contributed by atoms with Gasteiger partial charge in [0.25, 0.3) is 0 Å². The van der Waals surface area contributed by atoms with Gasteiger partial charge in [-0.3, -0.25) is 4.68 Å². The highest BCUT2D eigenvalue weighted by atomic mass is 19.1. The Hall–Kier alpha value is -2.63. The number of carbonyl (C=O) groups is 1. The summed E-state index contributed by atoms with van der Waals surface area (Å²) in [5.74, 6) is -1.50. The van der Waals surface area contributed by atoms with E-state index in [0.29, 0.717) is 16.6 Å². The van der Waals surface area contributed by atoms with Gasteiger partial charge in [0.05, 0.1) is 11.2 Å². The fourth-order valence-electron chi connectivity index (χ4n) is 2.34. The SMILES string of the molecule is Cn1nc(C(=O)O)cc1-c1ccc2c(ccn2C)c1F. The van der Waals surface area contributed by atoms with Crippen LogP contribution in [-0.4, -0.2) is 25.4 Å². The van der Waals surface area contributed by atoms with Crippen molar-refractivity contribution in [3.05, 3.63) is 42.0 Å². The number of aryl methyl sites for hydroxylation is 2. The second-order valence-electron chi connectivity index (χ2n) is 4.63. The van der Waals surface area contributed by atoms with E-state index in [0.717, 1.165) is 5.52 Å². The van der Waals surface area contributed by atoms with Crippen molar-refractivity contribution >= 4 is 16.9 Å². The predicted molar refractivity (Wildman–Crippen MR) is 72.0 cm³/mol. The lowest BCUT2D eigenvalue weighted by molar-refractivity contribution is 0.0689. The van der Waals surface area contributed by atoms with E-state index in [1.165, 1.54) is 10.7 Å². The molecule has 2 aromatic heterocycles. The lowest BCUT2D eigenvalue weighted by Crippen LogP contribution is -1.99. The van der Waals surface area contributed by atoms with Crippen LogP contribution in [0.1, 0.15) is 10.5 Å². The summed E-state index contributed by atoms with van der Waals surface area (Å²) in [5, 5.41) is 13.3. The Kier molecular flexibility index (Phi) is 2.60. The minimum Gasteiger partial charge on any atom is -0.476 e. The Morgan fingerprint density at radius 1 is 1.30 bits per heavy atom. The van der Waals surface area contributed by atoms with Gasteiger partial charge in [0.2, 0.25) is 0 Å². The highest BCUT2D eigenvalue weighted by Gasteiger charge is 2.17. The zero-order valence-electron chi connectivity index (χ0n) is 11.0. The third-order valence-electron chi connectivity index (χ3n) is 3.38. The lowest BCUT2D eigenvalue weighted by atomic mass is 10.1. The summed E-state index contributed by atoms with van der Waals surface area (Å²) in [4.78, 5) is 10.9. The van der Waals surface area contributed by atoms with Gasteiger partial charge in [-0.1, -0.05) is 0 Å². The van der Waals surface area contributed by atoms with Crippen LogP contribution >= 0.6 is 0 Å².